The molecule has 7 heteroatoms. The van der Waals surface area contributed by atoms with Crippen molar-refractivity contribution in [2.24, 2.45) is 0 Å². The van der Waals surface area contributed by atoms with Crippen molar-refractivity contribution in [1.82, 2.24) is 4.57 Å². The fraction of sp³-hybridized carbons (Fsp3) is 0.0476. The summed E-state index contributed by atoms with van der Waals surface area (Å²) in [5.41, 5.74) is 1.85. The van der Waals surface area contributed by atoms with Gasteiger partial charge in [0.25, 0.3) is 0 Å². The highest BCUT2D eigenvalue weighted by molar-refractivity contribution is 6.45. The lowest BCUT2D eigenvalue weighted by atomic mass is 10.0. The quantitative estimate of drug-likeness (QED) is 0.458. The molecule has 0 saturated carbocycles. The fourth-order valence-corrected chi connectivity index (χ4v) is 3.74. The van der Waals surface area contributed by atoms with Gasteiger partial charge in [-0.2, -0.15) is 0 Å². The van der Waals surface area contributed by atoms with Gasteiger partial charge in [-0.25, -0.2) is 4.39 Å². The van der Waals surface area contributed by atoms with Crippen LogP contribution in [0.5, 0.6) is 0 Å². The van der Waals surface area contributed by atoms with Crippen LogP contribution in [-0.2, 0) is 11.3 Å². The Labute approximate surface area is 168 Å². The van der Waals surface area contributed by atoms with Crippen LogP contribution in [0.3, 0.4) is 0 Å². The van der Waals surface area contributed by atoms with Gasteiger partial charge in [-0.1, -0.05) is 41.4 Å². The molecule has 0 unspecified atom stereocenters. The number of rotatable bonds is 3. The highest BCUT2D eigenvalue weighted by Gasteiger charge is 2.17. The van der Waals surface area contributed by atoms with E-state index in [0.29, 0.717) is 16.5 Å². The molecule has 140 valence electrons. The van der Waals surface area contributed by atoms with Gasteiger partial charge in [0.05, 0.1) is 21.1 Å². The van der Waals surface area contributed by atoms with Gasteiger partial charge in [-0.15, -0.1) is 0 Å². The Kier molecular flexibility index (Phi) is 4.57. The highest BCUT2D eigenvalue weighted by atomic mass is 35.5. The van der Waals surface area contributed by atoms with E-state index in [9.17, 15) is 19.1 Å². The summed E-state index contributed by atoms with van der Waals surface area (Å²) in [7, 11) is 0. The first kappa shape index (κ1) is 18.5. The molecular formula is C21H12Cl2FNO3. The number of aromatic nitrogens is 1. The summed E-state index contributed by atoms with van der Waals surface area (Å²) in [6.07, 6.45) is 0. The maximum absolute atomic E-state index is 13.2. The lowest BCUT2D eigenvalue weighted by molar-refractivity contribution is -0.137. The SMILES string of the molecule is O=C(O)Cn1c2cc(-c3ccc(F)cc3)ccc2c(=O)c2ccc(Cl)c(Cl)c21. The normalized spacial score (nSPS) is 11.2. The molecule has 0 bridgehead atoms. The molecule has 0 aliphatic rings. The third-order valence-electron chi connectivity index (χ3n) is 4.59. The number of aliphatic carboxylic acids is 1. The van der Waals surface area contributed by atoms with Crippen LogP contribution in [0.2, 0.25) is 10.0 Å². The minimum Gasteiger partial charge on any atom is -0.480 e. The van der Waals surface area contributed by atoms with Gasteiger partial charge >= 0.3 is 5.97 Å². The van der Waals surface area contributed by atoms with Crippen molar-refractivity contribution in [3.05, 3.63) is 80.7 Å². The maximum atomic E-state index is 13.2. The summed E-state index contributed by atoms with van der Waals surface area (Å²) >= 11 is 12.4. The molecule has 0 atom stereocenters. The Balaban J connectivity index is 2.13. The van der Waals surface area contributed by atoms with Crippen LogP contribution < -0.4 is 5.43 Å². The highest BCUT2D eigenvalue weighted by Crippen LogP contribution is 2.33. The zero-order valence-electron chi connectivity index (χ0n) is 14.2. The van der Waals surface area contributed by atoms with Crippen molar-refractivity contribution >= 4 is 51.0 Å². The molecule has 0 radical (unpaired) electrons. The second-order valence-corrected chi connectivity index (χ2v) is 7.09. The number of carboxylic acid groups (broad SMARTS) is 1. The van der Waals surface area contributed by atoms with Gasteiger partial charge in [0, 0.05) is 10.8 Å². The third-order valence-corrected chi connectivity index (χ3v) is 5.38. The van der Waals surface area contributed by atoms with Gasteiger partial charge in [0.15, 0.2) is 5.43 Å². The lowest BCUT2D eigenvalue weighted by Gasteiger charge is -2.16. The van der Waals surface area contributed by atoms with Crippen molar-refractivity contribution in [2.45, 2.75) is 6.54 Å². The summed E-state index contributed by atoms with van der Waals surface area (Å²) < 4.78 is 14.7. The molecule has 1 aromatic heterocycles. The van der Waals surface area contributed by atoms with Crippen molar-refractivity contribution < 1.29 is 14.3 Å². The molecule has 0 aliphatic heterocycles. The average molecular weight is 416 g/mol. The van der Waals surface area contributed by atoms with Crippen LogP contribution in [0.15, 0.2) is 59.4 Å². The predicted molar refractivity (Wildman–Crippen MR) is 109 cm³/mol. The van der Waals surface area contributed by atoms with Crippen LogP contribution in [0.4, 0.5) is 4.39 Å². The Morgan fingerprint density at radius 1 is 0.964 bits per heavy atom. The maximum Gasteiger partial charge on any atom is 0.323 e. The molecule has 0 fully saturated rings. The minimum atomic E-state index is -1.09. The molecule has 0 aliphatic carbocycles. The second-order valence-electron chi connectivity index (χ2n) is 6.31. The van der Waals surface area contributed by atoms with E-state index in [-0.39, 0.29) is 32.2 Å². The van der Waals surface area contributed by atoms with Crippen molar-refractivity contribution in [3.63, 3.8) is 0 Å². The monoisotopic (exact) mass is 415 g/mol. The number of carbonyl (C=O) groups is 1. The zero-order chi connectivity index (χ0) is 20.0. The lowest BCUT2D eigenvalue weighted by Crippen LogP contribution is -2.16. The molecule has 0 saturated heterocycles. The number of benzene rings is 3. The largest absolute Gasteiger partial charge is 0.480 e. The van der Waals surface area contributed by atoms with Gasteiger partial charge in [0.1, 0.15) is 12.4 Å². The van der Waals surface area contributed by atoms with Crippen LogP contribution in [0, 0.1) is 5.82 Å². The fourth-order valence-electron chi connectivity index (χ4n) is 3.32. The number of carboxylic acids is 1. The number of hydrogen-bond donors (Lipinski definition) is 1. The molecule has 4 rings (SSSR count). The molecule has 4 nitrogen and oxygen atoms in total. The van der Waals surface area contributed by atoms with Gasteiger partial charge < -0.3 is 9.67 Å². The molecule has 0 spiro atoms. The molecule has 3 aromatic carbocycles. The Hall–Kier alpha value is -2.89. The summed E-state index contributed by atoms with van der Waals surface area (Å²) in [6.45, 7) is -0.403. The third kappa shape index (κ3) is 3.03. The Morgan fingerprint density at radius 2 is 1.61 bits per heavy atom. The van der Waals surface area contributed by atoms with Gasteiger partial charge in [0.2, 0.25) is 0 Å². The number of pyridine rings is 1. The first-order valence-electron chi connectivity index (χ1n) is 8.29. The topological polar surface area (TPSA) is 59.3 Å². The van der Waals surface area contributed by atoms with E-state index in [2.05, 4.69) is 0 Å². The van der Waals surface area contributed by atoms with Crippen molar-refractivity contribution in [2.75, 3.05) is 0 Å². The zero-order valence-corrected chi connectivity index (χ0v) is 15.8. The smallest absolute Gasteiger partial charge is 0.323 e. The predicted octanol–water partition coefficient (Wildman–Crippen LogP) is 5.35. The van der Waals surface area contributed by atoms with Crippen molar-refractivity contribution in [3.8, 4) is 11.1 Å². The molecule has 1 N–H and O–H groups in total. The van der Waals surface area contributed by atoms with Crippen LogP contribution >= 0.6 is 23.2 Å². The number of halogens is 3. The van der Waals surface area contributed by atoms with Crippen LogP contribution in [0.1, 0.15) is 0 Å². The summed E-state index contributed by atoms with van der Waals surface area (Å²) in [5, 5.41) is 10.4. The van der Waals surface area contributed by atoms with E-state index < -0.39 is 12.5 Å². The van der Waals surface area contributed by atoms with Crippen LogP contribution in [-0.4, -0.2) is 15.6 Å². The molecule has 4 aromatic rings. The minimum absolute atomic E-state index is 0.117. The van der Waals surface area contributed by atoms with Gasteiger partial charge in [-0.05, 0) is 47.5 Å². The number of fused-ring (bicyclic) bond motifs is 2. The summed E-state index contributed by atoms with van der Waals surface area (Å²) in [6, 6.07) is 14.0. The second kappa shape index (κ2) is 6.93. The van der Waals surface area contributed by atoms with Gasteiger partial charge in [-0.3, -0.25) is 9.59 Å². The molecule has 0 amide bonds. The molecular weight excluding hydrogens is 404 g/mol. The van der Waals surface area contributed by atoms with E-state index in [0.717, 1.165) is 5.56 Å². The molecule has 28 heavy (non-hydrogen) atoms. The van der Waals surface area contributed by atoms with E-state index in [1.54, 1.807) is 30.3 Å². The first-order valence-corrected chi connectivity index (χ1v) is 9.04. The number of nitrogens with zero attached hydrogens (tertiary/aromatic N) is 1. The first-order chi connectivity index (χ1) is 13.4. The van der Waals surface area contributed by atoms with Crippen molar-refractivity contribution in [1.29, 1.82) is 0 Å². The van der Waals surface area contributed by atoms with E-state index in [1.807, 2.05) is 0 Å². The standard InChI is InChI=1S/C21H12Cl2FNO3/c22-16-8-7-15-20(19(16)23)25(10-18(26)27)17-9-12(3-6-14(17)21(15)28)11-1-4-13(24)5-2-11/h1-9H,10H2,(H,26,27). The van der Waals surface area contributed by atoms with Crippen LogP contribution in [0.25, 0.3) is 32.9 Å². The molecule has 1 heterocycles. The number of hydrogen-bond acceptors (Lipinski definition) is 2. The summed E-state index contributed by atoms with van der Waals surface area (Å²) in [5.74, 6) is -1.45. The van der Waals surface area contributed by atoms with E-state index >= 15 is 0 Å². The van der Waals surface area contributed by atoms with E-state index in [1.165, 1.54) is 28.8 Å². The summed E-state index contributed by atoms with van der Waals surface area (Å²) in [4.78, 5) is 24.5. The Bertz CT molecular complexity index is 1310. The Morgan fingerprint density at radius 3 is 2.29 bits per heavy atom. The van der Waals surface area contributed by atoms with E-state index in [4.69, 9.17) is 23.2 Å². The average Bonchev–Trinajstić information content (AvgIpc) is 2.67.